The van der Waals surface area contributed by atoms with Crippen LogP contribution in [0.5, 0.6) is 0 Å². The third-order valence-corrected chi connectivity index (χ3v) is 12.4. The third-order valence-electron chi connectivity index (χ3n) is 12.4. The molecular weight excluding hydrogens is 687 g/mol. The van der Waals surface area contributed by atoms with Crippen molar-refractivity contribution in [2.45, 2.75) is 5.41 Å². The standard InChI is InChI=1S/C56H35N/c1-3-14-36(15-4-1)44-34-51(37-16-5-2-6-17-37)57-52(35-44)43-23-10-21-41(33-43)40-20-9-22-42(32-40)45-25-13-29-50-55(45)46-24-7-8-26-47(46)56(50)48-27-11-18-38-30-31-39-19-12-28-49(56)54(39)53(38)48/h1-35H. The van der Waals surface area contributed by atoms with E-state index in [0.29, 0.717) is 0 Å². The van der Waals surface area contributed by atoms with E-state index in [-0.39, 0.29) is 5.41 Å². The van der Waals surface area contributed by atoms with E-state index >= 15 is 0 Å². The van der Waals surface area contributed by atoms with Gasteiger partial charge in [0.05, 0.1) is 16.8 Å². The first-order valence-corrected chi connectivity index (χ1v) is 19.8. The van der Waals surface area contributed by atoms with Crippen LogP contribution in [-0.2, 0) is 5.41 Å². The molecule has 1 heterocycles. The maximum atomic E-state index is 5.24. The van der Waals surface area contributed by atoms with Crippen molar-refractivity contribution in [1.29, 1.82) is 0 Å². The molecule has 1 nitrogen and oxygen atoms in total. The fraction of sp³-hybridized carbons (Fsp3) is 0.0179. The summed E-state index contributed by atoms with van der Waals surface area (Å²) in [6.07, 6.45) is 0. The predicted molar refractivity (Wildman–Crippen MR) is 237 cm³/mol. The van der Waals surface area contributed by atoms with Crippen molar-refractivity contribution in [3.63, 3.8) is 0 Å². The minimum atomic E-state index is -0.378. The molecule has 2 aliphatic carbocycles. The Morgan fingerprint density at radius 3 is 1.46 bits per heavy atom. The maximum Gasteiger partial charge on any atom is 0.0726 e. The van der Waals surface area contributed by atoms with E-state index in [9.17, 15) is 0 Å². The summed E-state index contributed by atoms with van der Waals surface area (Å²) in [6, 6.07) is 77.9. The second-order valence-electron chi connectivity index (χ2n) is 15.4. The molecule has 264 valence electrons. The number of benzene rings is 9. The minimum absolute atomic E-state index is 0.378. The van der Waals surface area contributed by atoms with E-state index in [1.807, 2.05) is 0 Å². The van der Waals surface area contributed by atoms with E-state index < -0.39 is 0 Å². The van der Waals surface area contributed by atoms with E-state index in [1.54, 1.807) is 0 Å². The first-order valence-electron chi connectivity index (χ1n) is 19.8. The molecular formula is C56H35N. The van der Waals surface area contributed by atoms with Gasteiger partial charge in [-0.05, 0) is 113 Å². The zero-order valence-electron chi connectivity index (χ0n) is 31.2. The molecule has 57 heavy (non-hydrogen) atoms. The molecule has 0 saturated heterocycles. The van der Waals surface area contributed by atoms with Crippen LogP contribution in [0.3, 0.4) is 0 Å². The van der Waals surface area contributed by atoms with Crippen molar-refractivity contribution in [1.82, 2.24) is 4.98 Å². The highest BCUT2D eigenvalue weighted by Gasteiger charge is 2.51. The van der Waals surface area contributed by atoms with Crippen LogP contribution < -0.4 is 0 Å². The zero-order chi connectivity index (χ0) is 37.5. The Labute approximate surface area is 332 Å². The lowest BCUT2D eigenvalue weighted by molar-refractivity contribution is 0.797. The Bertz CT molecular complexity index is 3110. The first-order chi connectivity index (χ1) is 28.3. The molecule has 0 N–H and O–H groups in total. The molecule has 0 bridgehead atoms. The van der Waals surface area contributed by atoms with Gasteiger partial charge in [0.15, 0.2) is 0 Å². The second kappa shape index (κ2) is 12.3. The van der Waals surface area contributed by atoms with E-state index in [2.05, 4.69) is 212 Å². The minimum Gasteiger partial charge on any atom is -0.248 e. The fourth-order valence-electron chi connectivity index (χ4n) is 10.0. The summed E-state index contributed by atoms with van der Waals surface area (Å²) >= 11 is 0. The van der Waals surface area contributed by atoms with Crippen molar-refractivity contribution in [3.05, 3.63) is 235 Å². The van der Waals surface area contributed by atoms with E-state index in [0.717, 1.165) is 33.6 Å². The summed E-state index contributed by atoms with van der Waals surface area (Å²) in [4.78, 5) is 5.24. The molecule has 0 fully saturated rings. The van der Waals surface area contributed by atoms with Gasteiger partial charge in [0.25, 0.3) is 0 Å². The van der Waals surface area contributed by atoms with Gasteiger partial charge >= 0.3 is 0 Å². The first kappa shape index (κ1) is 31.9. The zero-order valence-corrected chi connectivity index (χ0v) is 31.2. The topological polar surface area (TPSA) is 12.9 Å². The largest absolute Gasteiger partial charge is 0.248 e. The lowest BCUT2D eigenvalue weighted by Crippen LogP contribution is -2.26. The highest BCUT2D eigenvalue weighted by molar-refractivity contribution is 6.17. The summed E-state index contributed by atoms with van der Waals surface area (Å²) in [5.74, 6) is 0. The lowest BCUT2D eigenvalue weighted by atomic mass is 9.70. The molecule has 1 heteroatoms. The molecule has 1 aromatic heterocycles. The molecule has 10 aromatic rings. The van der Waals surface area contributed by atoms with Gasteiger partial charge in [-0.3, -0.25) is 0 Å². The van der Waals surface area contributed by atoms with Crippen molar-refractivity contribution in [3.8, 4) is 67.0 Å². The van der Waals surface area contributed by atoms with Crippen LogP contribution >= 0.6 is 0 Å². The van der Waals surface area contributed by atoms with Gasteiger partial charge in [-0.25, -0.2) is 4.98 Å². The average Bonchev–Trinajstić information content (AvgIpc) is 3.77. The van der Waals surface area contributed by atoms with Crippen LogP contribution in [0.1, 0.15) is 22.3 Å². The summed E-state index contributed by atoms with van der Waals surface area (Å²) in [6.45, 7) is 0. The number of hydrogen-bond acceptors (Lipinski definition) is 1. The Morgan fingerprint density at radius 2 is 0.754 bits per heavy atom. The Morgan fingerprint density at radius 1 is 0.281 bits per heavy atom. The molecule has 9 aromatic carbocycles. The molecule has 12 rings (SSSR count). The quantitative estimate of drug-likeness (QED) is 0.161. The molecule has 0 amide bonds. The third kappa shape index (κ3) is 4.66. The van der Waals surface area contributed by atoms with Crippen LogP contribution in [0.4, 0.5) is 0 Å². The second-order valence-corrected chi connectivity index (χ2v) is 15.4. The van der Waals surface area contributed by atoms with E-state index in [1.165, 1.54) is 77.2 Å². The summed E-state index contributed by atoms with van der Waals surface area (Å²) in [5, 5.41) is 5.39. The number of nitrogens with zero attached hydrogens (tertiary/aromatic N) is 1. The lowest BCUT2D eigenvalue weighted by Gasteiger charge is -2.31. The normalized spacial score (nSPS) is 13.1. The van der Waals surface area contributed by atoms with Crippen molar-refractivity contribution < 1.29 is 0 Å². The highest BCUT2D eigenvalue weighted by atomic mass is 14.7. The summed E-state index contributed by atoms with van der Waals surface area (Å²) < 4.78 is 0. The van der Waals surface area contributed by atoms with Crippen molar-refractivity contribution in [2.24, 2.45) is 0 Å². The maximum absolute atomic E-state index is 5.24. The van der Waals surface area contributed by atoms with Crippen LogP contribution in [-0.4, -0.2) is 4.98 Å². The number of fused-ring (bicyclic) bond motifs is 7. The smallest absolute Gasteiger partial charge is 0.0726 e. The molecule has 0 unspecified atom stereocenters. The SMILES string of the molecule is c1ccc(-c2cc(-c3ccccc3)nc(-c3cccc(-c4cccc(-c5cccc6c5-c5ccccc5C65c6cccc7ccc8cccc5c8c67)c4)c3)c2)cc1. The van der Waals surface area contributed by atoms with Gasteiger partial charge in [-0.1, -0.05) is 188 Å². The van der Waals surface area contributed by atoms with Gasteiger partial charge in [-0.2, -0.15) is 0 Å². The molecule has 1 spiro atoms. The Kier molecular flexibility index (Phi) is 6.91. The monoisotopic (exact) mass is 721 g/mol. The van der Waals surface area contributed by atoms with Gasteiger partial charge in [0.1, 0.15) is 0 Å². The Hall–Kier alpha value is -7.35. The number of pyridine rings is 1. The average molecular weight is 722 g/mol. The van der Waals surface area contributed by atoms with Gasteiger partial charge in [0.2, 0.25) is 0 Å². The van der Waals surface area contributed by atoms with E-state index in [4.69, 9.17) is 4.98 Å². The number of hydrogen-bond donors (Lipinski definition) is 0. The van der Waals surface area contributed by atoms with Gasteiger partial charge < -0.3 is 0 Å². The number of aromatic nitrogens is 1. The summed E-state index contributed by atoms with van der Waals surface area (Å²) in [5.41, 5.74) is 19.0. The molecule has 0 radical (unpaired) electrons. The Balaban J connectivity index is 1.01. The van der Waals surface area contributed by atoms with Gasteiger partial charge in [-0.15, -0.1) is 0 Å². The fourth-order valence-corrected chi connectivity index (χ4v) is 10.0. The molecule has 0 saturated carbocycles. The van der Waals surface area contributed by atoms with Crippen LogP contribution in [0, 0.1) is 0 Å². The highest BCUT2D eigenvalue weighted by Crippen LogP contribution is 2.63. The van der Waals surface area contributed by atoms with Gasteiger partial charge in [0, 0.05) is 11.1 Å². The molecule has 0 atom stereocenters. The van der Waals surface area contributed by atoms with Crippen LogP contribution in [0.2, 0.25) is 0 Å². The number of rotatable bonds is 5. The van der Waals surface area contributed by atoms with Crippen molar-refractivity contribution in [2.75, 3.05) is 0 Å². The van der Waals surface area contributed by atoms with Crippen LogP contribution in [0.25, 0.3) is 88.6 Å². The van der Waals surface area contributed by atoms with Crippen LogP contribution in [0.15, 0.2) is 212 Å². The summed E-state index contributed by atoms with van der Waals surface area (Å²) in [7, 11) is 0. The molecule has 0 aliphatic heterocycles. The molecule has 2 aliphatic rings. The van der Waals surface area contributed by atoms with Crippen molar-refractivity contribution >= 4 is 21.5 Å². The predicted octanol–water partition coefficient (Wildman–Crippen LogP) is 14.4.